The number of hydrogen-bond acceptors (Lipinski definition) is 3. The summed E-state index contributed by atoms with van der Waals surface area (Å²) in [5, 5.41) is 20.5. The fraction of sp³-hybridized carbons (Fsp3) is 0.308. The molecule has 0 fully saturated rings. The quantitative estimate of drug-likeness (QED) is 0.648. The van der Waals surface area contributed by atoms with E-state index in [4.69, 9.17) is 5.11 Å². The highest BCUT2D eigenvalue weighted by molar-refractivity contribution is 6.37. The van der Waals surface area contributed by atoms with Crippen LogP contribution in [0.5, 0.6) is 0 Å². The number of benzene rings is 1. The molecule has 5 nitrogen and oxygen atoms in total. The monoisotopic (exact) mass is 246 g/mol. The lowest BCUT2D eigenvalue weighted by Gasteiger charge is -2.19. The Kier molecular flexibility index (Phi) is 3.14. The average molecular weight is 246 g/mol. The van der Waals surface area contributed by atoms with Gasteiger partial charge in [0.1, 0.15) is 5.71 Å². The maximum Gasteiger partial charge on any atom is 0.303 e. The topological polar surface area (TPSA) is 75.7 Å². The molecule has 1 heterocycles. The molecule has 1 aromatic rings. The molecule has 0 radical (unpaired) electrons. The molecule has 1 N–H and O–H groups in total. The lowest BCUT2D eigenvalue weighted by Crippen LogP contribution is -2.31. The minimum Gasteiger partial charge on any atom is -0.622 e. The molecular weight excluding hydrogens is 232 g/mol. The molecule has 18 heavy (non-hydrogen) atoms. The van der Waals surface area contributed by atoms with Gasteiger partial charge in [0, 0.05) is 18.9 Å². The Labute approximate surface area is 105 Å². The summed E-state index contributed by atoms with van der Waals surface area (Å²) in [6.45, 7) is 1.65. The van der Waals surface area contributed by atoms with E-state index in [1.807, 2.05) is 30.3 Å². The molecule has 1 aliphatic heterocycles. The molecule has 0 unspecified atom stereocenters. The number of carboxylic acids is 1. The van der Waals surface area contributed by atoms with Crippen molar-refractivity contribution in [2.24, 2.45) is 4.99 Å². The summed E-state index contributed by atoms with van der Waals surface area (Å²) in [4.78, 5) is 14.9. The molecule has 0 saturated heterocycles. The second-order valence-electron chi connectivity index (χ2n) is 4.43. The minimum absolute atomic E-state index is 0.0748. The highest BCUT2D eigenvalue weighted by atomic mass is 16.5. The first-order chi connectivity index (χ1) is 8.51. The van der Waals surface area contributed by atoms with Gasteiger partial charge in [0.05, 0.1) is 6.42 Å². The second-order valence-corrected chi connectivity index (χ2v) is 4.43. The normalized spacial score (nSPS) is 22.5. The van der Waals surface area contributed by atoms with E-state index in [1.54, 1.807) is 6.92 Å². The predicted molar refractivity (Wildman–Crippen MR) is 67.9 cm³/mol. The van der Waals surface area contributed by atoms with E-state index in [0.717, 1.165) is 10.3 Å². The number of carboxylic acid groups (broad SMARTS) is 1. The summed E-state index contributed by atoms with van der Waals surface area (Å²) in [6, 6.07) is 9.36. The van der Waals surface area contributed by atoms with Gasteiger partial charge in [0.25, 0.3) is 5.66 Å². The van der Waals surface area contributed by atoms with Crippen molar-refractivity contribution in [1.29, 1.82) is 0 Å². The maximum atomic E-state index is 11.8. The Hall–Kier alpha value is -2.17. The molecule has 0 spiro atoms. The lowest BCUT2D eigenvalue weighted by atomic mass is 10.1. The van der Waals surface area contributed by atoms with Gasteiger partial charge < -0.3 is 10.3 Å². The van der Waals surface area contributed by atoms with Crippen LogP contribution in [-0.2, 0) is 4.79 Å². The molecule has 1 aromatic carbocycles. The zero-order chi connectivity index (χ0) is 13.2. The van der Waals surface area contributed by atoms with E-state index in [-0.39, 0.29) is 12.8 Å². The number of nitrogens with zero attached hydrogens (tertiary/aromatic N) is 2. The molecule has 0 aliphatic carbocycles. The average Bonchev–Trinajstić information content (AvgIpc) is 2.65. The largest absolute Gasteiger partial charge is 0.622 e. The number of carbonyl (C=O) groups is 1. The molecule has 0 amide bonds. The van der Waals surface area contributed by atoms with Gasteiger partial charge in [0.15, 0.2) is 0 Å². The van der Waals surface area contributed by atoms with E-state index in [0.29, 0.717) is 5.71 Å². The smallest absolute Gasteiger partial charge is 0.303 e. The molecule has 2 rings (SSSR count). The van der Waals surface area contributed by atoms with Crippen molar-refractivity contribution < 1.29 is 14.6 Å². The Morgan fingerprint density at radius 1 is 1.44 bits per heavy atom. The van der Waals surface area contributed by atoms with Crippen LogP contribution < -0.4 is 0 Å². The number of aliphatic imine (C=N–C) groups is 1. The minimum atomic E-state index is -1.01. The summed E-state index contributed by atoms with van der Waals surface area (Å²) < 4.78 is 0.734. The molecule has 1 aliphatic rings. The zero-order valence-electron chi connectivity index (χ0n) is 10.0. The van der Waals surface area contributed by atoms with Gasteiger partial charge in [-0.25, -0.2) is 4.99 Å². The second kappa shape index (κ2) is 4.60. The maximum absolute atomic E-state index is 11.8. The first-order valence-electron chi connectivity index (χ1n) is 5.70. The summed E-state index contributed by atoms with van der Waals surface area (Å²) in [5.41, 5.74) is 0.444. The van der Waals surface area contributed by atoms with Crippen molar-refractivity contribution in [2.75, 3.05) is 0 Å². The van der Waals surface area contributed by atoms with Crippen LogP contribution in [0.4, 0.5) is 0 Å². The van der Waals surface area contributed by atoms with Crippen LogP contribution in [0, 0.1) is 5.21 Å². The van der Waals surface area contributed by atoms with Gasteiger partial charge in [-0.3, -0.25) is 4.79 Å². The molecule has 94 valence electrons. The van der Waals surface area contributed by atoms with Gasteiger partial charge in [0.2, 0.25) is 6.21 Å². The van der Waals surface area contributed by atoms with Crippen molar-refractivity contribution in [3.8, 4) is 0 Å². The lowest BCUT2D eigenvalue weighted by molar-refractivity contribution is -0.535. The zero-order valence-corrected chi connectivity index (χ0v) is 10.0. The van der Waals surface area contributed by atoms with Crippen LogP contribution in [0.3, 0.4) is 0 Å². The van der Waals surface area contributed by atoms with Crippen LogP contribution in [0.15, 0.2) is 35.3 Å². The Bertz CT molecular complexity index is 522. The predicted octanol–water partition coefficient (Wildman–Crippen LogP) is 1.65. The number of aliphatic carboxylic acids is 1. The van der Waals surface area contributed by atoms with Gasteiger partial charge in [-0.15, -0.1) is 0 Å². The summed E-state index contributed by atoms with van der Waals surface area (Å²) >= 11 is 0. The fourth-order valence-electron chi connectivity index (χ4n) is 1.85. The molecule has 1 atom stereocenters. The van der Waals surface area contributed by atoms with Crippen LogP contribution in [0.1, 0.15) is 25.3 Å². The van der Waals surface area contributed by atoms with Crippen molar-refractivity contribution in [1.82, 2.24) is 0 Å². The summed E-state index contributed by atoms with van der Waals surface area (Å²) in [7, 11) is 0. The number of rotatable bonds is 4. The summed E-state index contributed by atoms with van der Waals surface area (Å²) in [6.07, 6.45) is 1.53. The Morgan fingerprint density at radius 2 is 2.11 bits per heavy atom. The number of hydroxylamine groups is 1. The van der Waals surface area contributed by atoms with Crippen LogP contribution in [-0.4, -0.2) is 33.4 Å². The van der Waals surface area contributed by atoms with Crippen LogP contribution in [0.25, 0.3) is 0 Å². The number of hydrogen-bond donors (Lipinski definition) is 1. The van der Waals surface area contributed by atoms with E-state index in [1.165, 1.54) is 6.21 Å². The van der Waals surface area contributed by atoms with Crippen molar-refractivity contribution in [3.05, 3.63) is 41.1 Å². The van der Waals surface area contributed by atoms with E-state index in [2.05, 4.69) is 4.99 Å². The van der Waals surface area contributed by atoms with Crippen molar-refractivity contribution >= 4 is 17.9 Å². The van der Waals surface area contributed by atoms with Crippen molar-refractivity contribution in [2.45, 2.75) is 25.4 Å². The fourth-order valence-corrected chi connectivity index (χ4v) is 1.85. The van der Waals surface area contributed by atoms with E-state index in [9.17, 15) is 10.0 Å². The summed E-state index contributed by atoms with van der Waals surface area (Å²) in [5.74, 6) is -0.923. The van der Waals surface area contributed by atoms with Gasteiger partial charge in [-0.2, -0.15) is 4.74 Å². The van der Waals surface area contributed by atoms with Gasteiger partial charge in [-0.1, -0.05) is 30.3 Å². The SMILES string of the molecule is C[C@@]1(CCC(=O)O)N=C(c2ccccc2)C=[N+]1[O-]. The van der Waals surface area contributed by atoms with E-state index < -0.39 is 11.6 Å². The highest BCUT2D eigenvalue weighted by Crippen LogP contribution is 2.23. The van der Waals surface area contributed by atoms with Crippen molar-refractivity contribution in [3.63, 3.8) is 0 Å². The third kappa shape index (κ3) is 2.40. The molecule has 5 heteroatoms. The first kappa shape index (κ1) is 12.3. The van der Waals surface area contributed by atoms with Gasteiger partial charge in [-0.05, 0) is 0 Å². The molecule has 0 saturated carbocycles. The molecule has 0 bridgehead atoms. The Morgan fingerprint density at radius 3 is 2.72 bits per heavy atom. The Balaban J connectivity index is 2.24. The third-order valence-corrected chi connectivity index (χ3v) is 2.96. The molecular formula is C13H14N2O3. The standard InChI is InChI=1S/C13H14N2O3/c1-13(8-7-12(16)17)14-11(9-15(13)18)10-5-3-2-4-6-10/h2-6,9H,7-8H2,1H3,(H,16,17)/t13-/m1/s1. The first-order valence-corrected chi connectivity index (χ1v) is 5.70. The van der Waals surface area contributed by atoms with Crippen LogP contribution >= 0.6 is 0 Å². The molecule has 0 aromatic heterocycles. The highest BCUT2D eigenvalue weighted by Gasteiger charge is 2.38. The van der Waals surface area contributed by atoms with E-state index >= 15 is 0 Å². The third-order valence-electron chi connectivity index (χ3n) is 2.96. The van der Waals surface area contributed by atoms with Crippen LogP contribution in [0.2, 0.25) is 0 Å². The van der Waals surface area contributed by atoms with Gasteiger partial charge >= 0.3 is 5.97 Å².